The van der Waals surface area contributed by atoms with Gasteiger partial charge in [0.05, 0.1) is 79.3 Å². The van der Waals surface area contributed by atoms with E-state index in [1.54, 1.807) is 59.2 Å². The number of carbonyl (C=O) groups is 8. The number of likely N-dealkylation sites (tertiary alicyclic amines) is 4. The van der Waals surface area contributed by atoms with Crippen molar-refractivity contribution in [3.8, 4) is 44.5 Å². The van der Waals surface area contributed by atoms with E-state index in [4.69, 9.17) is 29.4 Å². The van der Waals surface area contributed by atoms with E-state index in [1.807, 2.05) is 81.1 Å². The highest BCUT2D eigenvalue weighted by Gasteiger charge is 2.42. The van der Waals surface area contributed by atoms with E-state index in [2.05, 4.69) is 137 Å². The van der Waals surface area contributed by atoms with Crippen molar-refractivity contribution in [3.05, 3.63) is 141 Å². The molecule has 4 aliphatic heterocycles. The van der Waals surface area contributed by atoms with Gasteiger partial charge in [0.1, 0.15) is 44.2 Å². The van der Waals surface area contributed by atoms with E-state index in [-0.39, 0.29) is 90.7 Å². The van der Waals surface area contributed by atoms with Crippen LogP contribution in [0.2, 0.25) is 0 Å². The van der Waals surface area contributed by atoms with Crippen molar-refractivity contribution in [2.45, 2.75) is 189 Å². The Bertz CT molecular complexity index is 4500. The Labute approximate surface area is 677 Å². The first-order chi connectivity index (χ1) is 53.9. The molecule has 4 aromatic heterocycles. The average molecular weight is 1610 g/mol. The average Bonchev–Trinajstić information content (AvgIpc) is 1.68. The van der Waals surface area contributed by atoms with Crippen molar-refractivity contribution in [2.75, 3.05) is 40.4 Å². The number of aromatic nitrogens is 4. The Morgan fingerprint density at radius 1 is 0.354 bits per heavy atom. The predicted molar refractivity (Wildman–Crippen MR) is 451 cm³/mol. The summed E-state index contributed by atoms with van der Waals surface area (Å²) in [7, 11) is 2.60. The molecule has 0 spiro atoms. The zero-order valence-electron chi connectivity index (χ0n) is 65.7. The van der Waals surface area contributed by atoms with E-state index < -0.39 is 36.4 Å². The fraction of sp³-hybridized carbons (Fsp3) is 0.448. The van der Waals surface area contributed by atoms with E-state index >= 15 is 0 Å². The molecule has 4 saturated heterocycles. The summed E-state index contributed by atoms with van der Waals surface area (Å²) < 4.78 is 13.9. The molecule has 8 amide bonds. The van der Waals surface area contributed by atoms with Gasteiger partial charge in [-0.2, -0.15) is 0 Å². The van der Waals surface area contributed by atoms with Gasteiger partial charge >= 0.3 is 12.2 Å². The molecule has 26 heteroatoms. The number of nitrogens with one attached hydrogen (secondary N) is 4. The van der Waals surface area contributed by atoms with Crippen molar-refractivity contribution in [2.24, 2.45) is 23.7 Å². The molecular formula is C87H104N12O10S4. The Morgan fingerprint density at radius 2 is 0.602 bits per heavy atom. The smallest absolute Gasteiger partial charge is 0.407 e. The van der Waals surface area contributed by atoms with Gasteiger partial charge in [0.2, 0.25) is 35.4 Å². The first-order valence-electron chi connectivity index (χ1n) is 39.2. The van der Waals surface area contributed by atoms with Crippen molar-refractivity contribution < 1.29 is 47.8 Å². The number of hydrogen-bond donors (Lipinski definition) is 4. The van der Waals surface area contributed by atoms with Crippen LogP contribution in [0, 0.1) is 23.7 Å². The number of benzene rings is 6. The normalized spacial score (nSPS) is 18.1. The molecule has 0 radical (unpaired) electrons. The maximum Gasteiger partial charge on any atom is 0.407 e. The number of rotatable bonds is 22. The Morgan fingerprint density at radius 3 is 0.876 bits per heavy atom. The molecule has 4 N–H and O–H groups in total. The summed E-state index contributed by atoms with van der Waals surface area (Å²) in [5.74, 6) is -0.703. The molecule has 0 saturated carbocycles. The number of amides is 8. The summed E-state index contributed by atoms with van der Waals surface area (Å²) in [6, 6.07) is 39.6. The van der Waals surface area contributed by atoms with Crippen molar-refractivity contribution in [3.63, 3.8) is 0 Å². The molecule has 0 aliphatic carbocycles. The van der Waals surface area contributed by atoms with Crippen LogP contribution < -0.4 is 21.3 Å². The lowest BCUT2D eigenvalue weighted by molar-refractivity contribution is -0.138. The third-order valence-electron chi connectivity index (χ3n) is 21.9. The number of nitrogens with zero attached hydrogens (tertiary/aromatic N) is 8. The molecule has 8 atom stereocenters. The Balaban J connectivity index is 0.000000208. The zero-order chi connectivity index (χ0) is 79.3. The molecule has 8 heterocycles. The van der Waals surface area contributed by atoms with Gasteiger partial charge in [-0.25, -0.2) is 29.5 Å². The number of thiazole rings is 4. The van der Waals surface area contributed by atoms with Crippen LogP contribution in [0.1, 0.15) is 185 Å². The van der Waals surface area contributed by atoms with E-state index in [0.717, 1.165) is 157 Å². The van der Waals surface area contributed by atoms with Gasteiger partial charge in [-0.3, -0.25) is 28.8 Å². The number of carbonyl (C=O) groups excluding carboxylic acids is 8. The minimum atomic E-state index is -0.668. The van der Waals surface area contributed by atoms with Crippen molar-refractivity contribution in [1.82, 2.24) is 60.8 Å². The van der Waals surface area contributed by atoms with E-state index in [0.29, 0.717) is 39.0 Å². The van der Waals surface area contributed by atoms with Crippen LogP contribution in [0.3, 0.4) is 0 Å². The molecule has 10 aromatic rings. The van der Waals surface area contributed by atoms with Gasteiger partial charge in [-0.05, 0) is 168 Å². The lowest BCUT2D eigenvalue weighted by Gasteiger charge is -2.30. The highest BCUT2D eigenvalue weighted by atomic mass is 32.1. The maximum absolute atomic E-state index is 13.7. The van der Waals surface area contributed by atoms with Crippen LogP contribution in [0.5, 0.6) is 0 Å². The molecule has 113 heavy (non-hydrogen) atoms. The number of ether oxygens (including phenoxy) is 2. The second-order valence-corrected chi connectivity index (χ2v) is 35.1. The Kier molecular flexibility index (Phi) is 26.5. The fourth-order valence-electron chi connectivity index (χ4n) is 15.6. The predicted octanol–water partition coefficient (Wildman–Crippen LogP) is 17.6. The lowest BCUT2D eigenvalue weighted by Crippen LogP contribution is -2.51. The van der Waals surface area contributed by atoms with E-state index in [1.165, 1.54) is 14.2 Å². The molecular weight excluding hydrogens is 1500 g/mol. The largest absolute Gasteiger partial charge is 0.453 e. The second kappa shape index (κ2) is 36.2. The summed E-state index contributed by atoms with van der Waals surface area (Å²) in [4.78, 5) is 131. The van der Waals surface area contributed by atoms with Gasteiger partial charge in [0.25, 0.3) is 0 Å². The maximum atomic E-state index is 13.7. The number of alkyl carbamates (subject to hydrolysis) is 2. The standard InChI is InChI=1S/2C43H50N6O5S2.CH4/c1-7-36(50)46-37(24(2)3)41(51)48-20-8-10-32(48)39-44-30-22-28(16-18-34(30)55-39)26-12-14-27(15-13-26)29-17-19-35-31(23-29)45-40(56-35)33-11-9-21-49(33)42(52)38(25(4)5)47-43(53)54-6;1-7-36(50)46-37(24(2)3)41(51)48-20-8-10-32(48)39-44-30-18-16-28(22-34(30)55-39)26-12-14-27(15-13-26)29-17-19-31-35(23-29)56-40(45-31)33-11-9-21-49(33)42(52)38(25(4)5)47-43(53)54-6;/h2*12-19,22-25,32-33,37-38H,7-11,20-21H2,1-6H3,(H,46,50)(H,47,53);1H4/t2*32-,33-,37-,38-;/m00./s1. The second-order valence-electron chi connectivity index (χ2n) is 30.9. The molecule has 22 nitrogen and oxygen atoms in total. The Hall–Kier alpha value is -9.76. The van der Waals surface area contributed by atoms with Gasteiger partial charge in [0.15, 0.2) is 0 Å². The SMILES string of the molecule is C.CCC(=O)N[C@H](C(=O)N1CCC[C@H]1c1nc2cc(-c3ccc(-c4ccc5sc([C@@H]6CCCN6C(=O)[C@@H](NC(=O)OC)C(C)C)nc5c4)cc3)ccc2s1)C(C)C.CCC(=O)N[C@H](C(=O)N1CCC[C@H]1c1nc2ccc(-c3ccc(-c4ccc5nc([C@@H]6CCCN6C(=O)[C@@H](NC(=O)OC)C(C)C)sc5c4)cc3)cc2s1)C(C)C. The van der Waals surface area contributed by atoms with Crippen LogP contribution in [-0.2, 0) is 38.2 Å². The first kappa shape index (κ1) is 82.7. The molecule has 0 unspecified atom stereocenters. The summed E-state index contributed by atoms with van der Waals surface area (Å²) in [6.45, 7) is 21.7. The van der Waals surface area contributed by atoms with Gasteiger partial charge in [0, 0.05) is 39.0 Å². The molecule has 4 aliphatic rings. The number of hydrogen-bond acceptors (Lipinski definition) is 18. The zero-order valence-corrected chi connectivity index (χ0v) is 68.9. The highest BCUT2D eigenvalue weighted by Crippen LogP contribution is 2.44. The van der Waals surface area contributed by atoms with Crippen molar-refractivity contribution >= 4 is 134 Å². The van der Waals surface area contributed by atoms with Crippen LogP contribution in [0.15, 0.2) is 121 Å². The monoisotopic (exact) mass is 1600 g/mol. The fourth-order valence-corrected chi connectivity index (χ4v) is 20.1. The third kappa shape index (κ3) is 18.1. The minimum absolute atomic E-state index is 0. The molecule has 596 valence electrons. The first-order valence-corrected chi connectivity index (χ1v) is 42.5. The van der Waals surface area contributed by atoms with Crippen LogP contribution in [0.4, 0.5) is 9.59 Å². The third-order valence-corrected chi connectivity index (χ3v) is 26.4. The van der Waals surface area contributed by atoms with Crippen LogP contribution in [-0.4, -0.2) is 152 Å². The van der Waals surface area contributed by atoms with Gasteiger partial charge in [-0.1, -0.05) is 149 Å². The summed E-state index contributed by atoms with van der Waals surface area (Å²) in [5, 5.41) is 15.0. The number of methoxy groups -OCH3 is 2. The summed E-state index contributed by atoms with van der Waals surface area (Å²) in [6.07, 6.45) is 6.41. The van der Waals surface area contributed by atoms with Gasteiger partial charge in [-0.15, -0.1) is 45.3 Å². The summed E-state index contributed by atoms with van der Waals surface area (Å²) >= 11 is 6.52. The topological polar surface area (TPSA) is 268 Å². The lowest BCUT2D eigenvalue weighted by atomic mass is 10.00. The van der Waals surface area contributed by atoms with Crippen molar-refractivity contribution in [1.29, 1.82) is 0 Å². The molecule has 6 aromatic carbocycles. The highest BCUT2D eigenvalue weighted by molar-refractivity contribution is 7.19. The molecule has 0 bridgehead atoms. The summed E-state index contributed by atoms with van der Waals surface area (Å²) in [5.41, 5.74) is 12.3. The molecule has 14 rings (SSSR count). The van der Waals surface area contributed by atoms with Crippen LogP contribution >= 0.6 is 45.3 Å². The molecule has 4 fully saturated rings. The van der Waals surface area contributed by atoms with Crippen LogP contribution in [0.25, 0.3) is 85.4 Å². The number of fused-ring (bicyclic) bond motifs is 4. The minimum Gasteiger partial charge on any atom is -0.453 e. The van der Waals surface area contributed by atoms with Gasteiger partial charge < -0.3 is 50.3 Å². The van der Waals surface area contributed by atoms with E-state index in [9.17, 15) is 38.4 Å². The quantitative estimate of drug-likeness (QED) is 0.0492.